The molecule has 2 rings (SSSR count). The first-order valence-corrected chi connectivity index (χ1v) is 10.2. The summed E-state index contributed by atoms with van der Waals surface area (Å²) in [6, 6.07) is 7.04. The summed E-state index contributed by atoms with van der Waals surface area (Å²) in [5.41, 5.74) is 1.02. The number of rotatable bonds is 7. The van der Waals surface area contributed by atoms with Crippen LogP contribution in [0.5, 0.6) is 0 Å². The van der Waals surface area contributed by atoms with Crippen LogP contribution in [0.3, 0.4) is 0 Å². The van der Waals surface area contributed by atoms with Crippen molar-refractivity contribution in [2.75, 3.05) is 12.8 Å². The van der Waals surface area contributed by atoms with E-state index in [4.69, 9.17) is 0 Å². The monoisotopic (exact) mass is 342 g/mol. The Bertz CT molecular complexity index is 696. The Kier molecular flexibility index (Phi) is 5.80. The second-order valence-corrected chi connectivity index (χ2v) is 8.06. The average Bonchev–Trinajstić information content (AvgIpc) is 2.89. The van der Waals surface area contributed by atoms with E-state index in [9.17, 15) is 8.42 Å². The molecule has 1 heterocycles. The Balaban J connectivity index is 1.92. The molecule has 0 spiro atoms. The van der Waals surface area contributed by atoms with Gasteiger partial charge in [0.15, 0.2) is 0 Å². The van der Waals surface area contributed by atoms with E-state index in [-0.39, 0.29) is 0 Å². The molecule has 0 saturated carbocycles. The van der Waals surface area contributed by atoms with Gasteiger partial charge in [0.1, 0.15) is 0 Å². The summed E-state index contributed by atoms with van der Waals surface area (Å²) in [6.07, 6.45) is 3.41. The number of nitrogens with one attached hydrogen (secondary N) is 1. The van der Waals surface area contributed by atoms with Crippen molar-refractivity contribution in [3.63, 3.8) is 0 Å². The van der Waals surface area contributed by atoms with Gasteiger partial charge in [0.2, 0.25) is 10.0 Å². The molecule has 0 fully saturated rings. The van der Waals surface area contributed by atoms with E-state index in [1.807, 2.05) is 30.7 Å². The normalized spacial score (nSPS) is 11.7. The molecule has 114 valence electrons. The molecule has 1 aromatic carbocycles. The zero-order valence-corrected chi connectivity index (χ0v) is 14.4. The van der Waals surface area contributed by atoms with Gasteiger partial charge in [0, 0.05) is 28.9 Å². The van der Waals surface area contributed by atoms with Crippen LogP contribution in [0.25, 0.3) is 0 Å². The zero-order valence-electron chi connectivity index (χ0n) is 12.0. The van der Waals surface area contributed by atoms with Crippen molar-refractivity contribution in [3.05, 3.63) is 40.3 Å². The van der Waals surface area contributed by atoms with Gasteiger partial charge >= 0.3 is 0 Å². The third-order valence-electron chi connectivity index (χ3n) is 2.88. The summed E-state index contributed by atoms with van der Waals surface area (Å²) >= 11 is 3.05. The van der Waals surface area contributed by atoms with Gasteiger partial charge in [0.25, 0.3) is 0 Å². The predicted octanol–water partition coefficient (Wildman–Crippen LogP) is 3.08. The van der Waals surface area contributed by atoms with Crippen molar-refractivity contribution in [2.45, 2.75) is 29.6 Å². The molecule has 1 N–H and O–H groups in total. The minimum Gasteiger partial charge on any atom is -0.247 e. The lowest BCUT2D eigenvalue weighted by Gasteiger charge is -2.09. The minimum absolute atomic E-state index is 0.350. The van der Waals surface area contributed by atoms with Gasteiger partial charge < -0.3 is 0 Å². The maximum atomic E-state index is 12.3. The van der Waals surface area contributed by atoms with E-state index in [0.717, 1.165) is 28.4 Å². The molecular formula is C14H18N2O2S3. The summed E-state index contributed by atoms with van der Waals surface area (Å²) in [4.78, 5) is 5.48. The van der Waals surface area contributed by atoms with Gasteiger partial charge in [-0.05, 0) is 31.7 Å². The van der Waals surface area contributed by atoms with E-state index < -0.39 is 10.0 Å². The van der Waals surface area contributed by atoms with Gasteiger partial charge in [0.05, 0.1) is 9.90 Å². The van der Waals surface area contributed by atoms with Crippen LogP contribution >= 0.6 is 23.1 Å². The summed E-state index contributed by atoms with van der Waals surface area (Å²) < 4.78 is 27.2. The first-order valence-electron chi connectivity index (χ1n) is 6.56. The Labute approximate surface area is 134 Å². The molecule has 0 aliphatic carbocycles. The number of sulfonamides is 1. The highest BCUT2D eigenvalue weighted by atomic mass is 32.2. The molecule has 4 nitrogen and oxygen atoms in total. The van der Waals surface area contributed by atoms with Crippen molar-refractivity contribution in [3.8, 4) is 0 Å². The van der Waals surface area contributed by atoms with Crippen LogP contribution in [0.4, 0.5) is 0 Å². The van der Waals surface area contributed by atoms with Crippen LogP contribution in [0.1, 0.15) is 17.1 Å². The molecule has 2 aromatic rings. The second-order valence-electron chi connectivity index (χ2n) is 4.53. The smallest absolute Gasteiger partial charge is 0.241 e. The lowest BCUT2D eigenvalue weighted by atomic mass is 10.3. The van der Waals surface area contributed by atoms with Crippen molar-refractivity contribution < 1.29 is 8.42 Å². The molecule has 0 amide bonds. The molecule has 0 atom stereocenters. The van der Waals surface area contributed by atoms with Gasteiger partial charge in [-0.2, -0.15) is 0 Å². The first-order chi connectivity index (χ1) is 10.0. The van der Waals surface area contributed by atoms with Crippen molar-refractivity contribution in [1.82, 2.24) is 9.71 Å². The van der Waals surface area contributed by atoms with Crippen LogP contribution in [-0.4, -0.2) is 26.2 Å². The highest BCUT2D eigenvalue weighted by Gasteiger charge is 2.16. The Morgan fingerprint density at radius 3 is 2.76 bits per heavy atom. The van der Waals surface area contributed by atoms with E-state index >= 15 is 0 Å². The molecule has 7 heteroatoms. The number of thiazole rings is 1. The number of hydrogen-bond donors (Lipinski definition) is 1. The largest absolute Gasteiger partial charge is 0.247 e. The van der Waals surface area contributed by atoms with Crippen LogP contribution in [-0.2, 0) is 16.4 Å². The van der Waals surface area contributed by atoms with Crippen molar-refractivity contribution in [2.24, 2.45) is 0 Å². The predicted molar refractivity (Wildman–Crippen MR) is 88.6 cm³/mol. The molecule has 0 radical (unpaired) electrons. The molecule has 0 bridgehead atoms. The number of aryl methyl sites for hydroxylation is 2. The average molecular weight is 343 g/mol. The van der Waals surface area contributed by atoms with Crippen molar-refractivity contribution in [1.29, 1.82) is 0 Å². The molecule has 0 aliphatic rings. The van der Waals surface area contributed by atoms with Gasteiger partial charge in [-0.15, -0.1) is 23.1 Å². The van der Waals surface area contributed by atoms with Gasteiger partial charge in [-0.25, -0.2) is 18.1 Å². The minimum atomic E-state index is -3.44. The zero-order chi connectivity index (χ0) is 15.3. The molecule has 21 heavy (non-hydrogen) atoms. The van der Waals surface area contributed by atoms with Gasteiger partial charge in [-0.3, -0.25) is 0 Å². The Morgan fingerprint density at radius 1 is 1.33 bits per heavy atom. The second kappa shape index (κ2) is 7.40. The van der Waals surface area contributed by atoms with E-state index in [1.165, 1.54) is 11.8 Å². The van der Waals surface area contributed by atoms with E-state index in [0.29, 0.717) is 11.4 Å². The Hall–Kier alpha value is -0.890. The summed E-state index contributed by atoms with van der Waals surface area (Å²) in [5, 5.41) is 3.06. The third-order valence-corrected chi connectivity index (χ3v) is 6.36. The topological polar surface area (TPSA) is 59.1 Å². The van der Waals surface area contributed by atoms with Crippen LogP contribution in [0.15, 0.2) is 39.4 Å². The third kappa shape index (κ3) is 4.54. The molecule has 1 aromatic heterocycles. The van der Waals surface area contributed by atoms with Gasteiger partial charge in [-0.1, -0.05) is 12.1 Å². The maximum Gasteiger partial charge on any atom is 0.241 e. The maximum absolute atomic E-state index is 12.3. The van der Waals surface area contributed by atoms with Crippen molar-refractivity contribution >= 4 is 33.1 Å². The summed E-state index contributed by atoms with van der Waals surface area (Å²) in [7, 11) is -3.44. The standard InChI is InChI=1S/C14H18N2O2S3/c1-11-10-20-14(16-11)8-5-9-15-21(17,18)13-7-4-3-6-12(13)19-2/h3-4,6-7,10,15H,5,8-9H2,1-2H3. The lowest BCUT2D eigenvalue weighted by Crippen LogP contribution is -2.25. The fourth-order valence-corrected chi connectivity index (χ4v) is 4.92. The number of thioether (sulfide) groups is 1. The summed E-state index contributed by atoms with van der Waals surface area (Å²) in [6.45, 7) is 2.38. The van der Waals surface area contributed by atoms with Crippen LogP contribution < -0.4 is 4.72 Å². The molecule has 0 unspecified atom stereocenters. The fourth-order valence-electron chi connectivity index (χ4n) is 1.88. The first kappa shape index (κ1) is 16.5. The number of hydrogen-bond acceptors (Lipinski definition) is 5. The number of nitrogens with zero attached hydrogens (tertiary/aromatic N) is 1. The van der Waals surface area contributed by atoms with Crippen LogP contribution in [0.2, 0.25) is 0 Å². The number of benzene rings is 1. The Morgan fingerprint density at radius 2 is 2.10 bits per heavy atom. The molecule has 0 saturated heterocycles. The molecular weight excluding hydrogens is 324 g/mol. The highest BCUT2D eigenvalue weighted by molar-refractivity contribution is 7.99. The van der Waals surface area contributed by atoms with E-state index in [2.05, 4.69) is 9.71 Å². The SMILES string of the molecule is CSc1ccccc1S(=O)(=O)NCCCc1nc(C)cs1. The lowest BCUT2D eigenvalue weighted by molar-refractivity contribution is 0.577. The van der Waals surface area contributed by atoms with E-state index in [1.54, 1.807) is 23.5 Å². The summed E-state index contributed by atoms with van der Waals surface area (Å²) in [5.74, 6) is 0. The molecule has 0 aliphatic heterocycles. The fraction of sp³-hybridized carbons (Fsp3) is 0.357. The highest BCUT2D eigenvalue weighted by Crippen LogP contribution is 2.23. The van der Waals surface area contributed by atoms with Crippen LogP contribution in [0, 0.1) is 6.92 Å². The number of aromatic nitrogens is 1. The quantitative estimate of drug-likeness (QED) is 0.620.